The van der Waals surface area contributed by atoms with Crippen LogP contribution in [-0.2, 0) is 25.4 Å². The van der Waals surface area contributed by atoms with E-state index >= 15 is 0 Å². The zero-order valence-corrected chi connectivity index (χ0v) is 28.8. The van der Waals surface area contributed by atoms with Crippen LogP contribution in [0.25, 0.3) is 0 Å². The fourth-order valence-electron chi connectivity index (χ4n) is 4.58. The molecule has 0 fully saturated rings. The van der Waals surface area contributed by atoms with Crippen molar-refractivity contribution in [3.05, 3.63) is 57.6 Å². The summed E-state index contributed by atoms with van der Waals surface area (Å²) in [6.07, 6.45) is 0. The molecule has 2 aromatic carbocycles. The minimum atomic E-state index is -2.74. The molecule has 0 heterocycles. The zero-order chi connectivity index (χ0) is 29.6. The van der Waals surface area contributed by atoms with Crippen molar-refractivity contribution in [1.29, 1.82) is 0 Å². The van der Waals surface area contributed by atoms with Crippen LogP contribution in [0.1, 0.15) is 137 Å². The molecule has 2 aromatic rings. The highest BCUT2D eigenvalue weighted by Gasteiger charge is 2.47. The first kappa shape index (κ1) is 32.7. The van der Waals surface area contributed by atoms with E-state index in [1.165, 1.54) is 33.4 Å². The second-order valence-corrected chi connectivity index (χ2v) is 17.4. The number of aryl methyl sites for hydroxylation is 2. The van der Waals surface area contributed by atoms with Crippen molar-refractivity contribution < 1.29 is 11.4 Å². The molecule has 0 radical (unpaired) electrons. The Kier molecular flexibility index (Phi) is 9.34. The molecule has 2 rings (SSSR count). The highest BCUT2D eigenvalue weighted by atomic mass is 27.3. The molecular formula is C34H55AlO3. The standard InChI is InChI=1S/2C15H24O.C4H9O.Al/c2*1-10-8-11(14(2,3)4)13(16)12(9-10)15(5,6)7;1-4(2,3)5;/h2*8-9,16H,1-7H3;1-3H3;/q;;-1;+3/p-2. The Balaban J connectivity index is 2.84. The first-order valence-electron chi connectivity index (χ1n) is 14.1. The van der Waals surface area contributed by atoms with E-state index in [0.29, 0.717) is 0 Å². The molecule has 4 heteroatoms. The molecule has 38 heavy (non-hydrogen) atoms. The van der Waals surface area contributed by atoms with Crippen molar-refractivity contribution in [1.82, 2.24) is 0 Å². The Morgan fingerprint density at radius 2 is 0.684 bits per heavy atom. The first-order chi connectivity index (χ1) is 16.8. The van der Waals surface area contributed by atoms with Gasteiger partial charge in [0.25, 0.3) is 0 Å². The molecule has 212 valence electrons. The lowest BCUT2D eigenvalue weighted by Crippen LogP contribution is -2.42. The largest absolute Gasteiger partial charge is 1.10 e. The van der Waals surface area contributed by atoms with Gasteiger partial charge in [0.15, 0.2) is 0 Å². The van der Waals surface area contributed by atoms with E-state index in [1.54, 1.807) is 0 Å². The van der Waals surface area contributed by atoms with E-state index in [1.807, 2.05) is 0 Å². The van der Waals surface area contributed by atoms with Gasteiger partial charge in [-0.3, -0.25) is 0 Å². The van der Waals surface area contributed by atoms with Gasteiger partial charge < -0.3 is 11.4 Å². The van der Waals surface area contributed by atoms with Gasteiger partial charge in [0.1, 0.15) is 0 Å². The van der Waals surface area contributed by atoms with E-state index in [0.717, 1.165) is 11.5 Å². The van der Waals surface area contributed by atoms with Crippen molar-refractivity contribution in [3.63, 3.8) is 0 Å². The molecular weight excluding hydrogens is 483 g/mol. The summed E-state index contributed by atoms with van der Waals surface area (Å²) in [4.78, 5) is 0. The van der Waals surface area contributed by atoms with Gasteiger partial charge in [0.05, 0.1) is 11.5 Å². The fraction of sp³-hybridized carbons (Fsp3) is 0.647. The molecule has 3 nitrogen and oxygen atoms in total. The van der Waals surface area contributed by atoms with E-state index in [9.17, 15) is 0 Å². The summed E-state index contributed by atoms with van der Waals surface area (Å²) in [5.41, 5.74) is 6.44. The molecule has 0 N–H and O–H groups in total. The molecule has 0 aliphatic heterocycles. The van der Waals surface area contributed by atoms with Crippen molar-refractivity contribution >= 4 is 15.1 Å². The minimum absolute atomic E-state index is 0.0982. The zero-order valence-electron chi connectivity index (χ0n) is 27.6. The molecule has 0 aliphatic rings. The van der Waals surface area contributed by atoms with Gasteiger partial charge in [-0.2, -0.15) is 0 Å². The van der Waals surface area contributed by atoms with Gasteiger partial charge in [-0.25, -0.2) is 0 Å². The van der Waals surface area contributed by atoms with E-state index in [2.05, 4.69) is 142 Å². The molecule has 0 aliphatic carbocycles. The van der Waals surface area contributed by atoms with Gasteiger partial charge in [0, 0.05) is 5.60 Å². The molecule has 0 bridgehead atoms. The third-order valence-corrected chi connectivity index (χ3v) is 8.33. The van der Waals surface area contributed by atoms with Crippen LogP contribution >= 0.6 is 0 Å². The number of benzene rings is 2. The van der Waals surface area contributed by atoms with Crippen LogP contribution in [0.4, 0.5) is 0 Å². The van der Waals surface area contributed by atoms with Gasteiger partial charge >= 0.3 is 15.1 Å². The third-order valence-electron chi connectivity index (χ3n) is 6.58. The molecule has 0 spiro atoms. The van der Waals surface area contributed by atoms with Crippen molar-refractivity contribution in [2.24, 2.45) is 0 Å². The summed E-state index contributed by atoms with van der Waals surface area (Å²) in [5, 5.41) is 0. The molecule has 0 saturated heterocycles. The quantitative estimate of drug-likeness (QED) is 0.355. The second kappa shape index (κ2) is 10.8. The summed E-state index contributed by atoms with van der Waals surface area (Å²) in [6, 6.07) is 9.06. The van der Waals surface area contributed by atoms with Gasteiger partial charge in [-0.05, 0) is 78.5 Å². The Morgan fingerprint density at radius 3 is 0.868 bits per heavy atom. The Hall–Kier alpha value is -1.47. The van der Waals surface area contributed by atoms with Crippen molar-refractivity contribution in [3.8, 4) is 11.5 Å². The molecule has 0 atom stereocenters. The maximum absolute atomic E-state index is 7.02. The summed E-state index contributed by atoms with van der Waals surface area (Å²) in [7, 11) is 0. The Labute approximate surface area is 240 Å². The maximum atomic E-state index is 7.02. The fourth-order valence-corrected chi connectivity index (χ4v) is 6.20. The van der Waals surface area contributed by atoms with Crippen LogP contribution in [0.15, 0.2) is 24.3 Å². The SMILES string of the molecule is Cc1cc(C(C)(C)C)c([O][Al]([O]c2c(C(C)(C)C)cc(C)cc2C(C)(C)C)[O]C(C)(C)C)c(C(C)(C)C)c1. The number of rotatable bonds is 5. The summed E-state index contributed by atoms with van der Waals surface area (Å²) in [5.74, 6) is 1.83. The van der Waals surface area contributed by atoms with Crippen LogP contribution in [-0.4, -0.2) is 20.8 Å². The molecule has 0 saturated carbocycles. The van der Waals surface area contributed by atoms with Crippen LogP contribution in [0, 0.1) is 13.8 Å². The Bertz CT molecular complexity index is 973. The predicted octanol–water partition coefficient (Wildman–Crippen LogP) is 9.75. The smallest absolute Gasteiger partial charge is 0.588 e. The Morgan fingerprint density at radius 1 is 0.447 bits per heavy atom. The molecule has 0 unspecified atom stereocenters. The lowest BCUT2D eigenvalue weighted by Gasteiger charge is -2.35. The average Bonchev–Trinajstić information content (AvgIpc) is 2.65. The normalized spacial score (nSPS) is 13.5. The second-order valence-electron chi connectivity index (χ2n) is 16.1. The highest BCUT2D eigenvalue weighted by Crippen LogP contribution is 2.44. The summed E-state index contributed by atoms with van der Waals surface area (Å²) < 4.78 is 20.7. The van der Waals surface area contributed by atoms with Crippen LogP contribution in [0.3, 0.4) is 0 Å². The topological polar surface area (TPSA) is 27.7 Å². The van der Waals surface area contributed by atoms with Crippen molar-refractivity contribution in [2.75, 3.05) is 0 Å². The monoisotopic (exact) mass is 538 g/mol. The summed E-state index contributed by atoms with van der Waals surface area (Å²) in [6.45, 7) is 37.6. The van der Waals surface area contributed by atoms with Crippen LogP contribution in [0.5, 0.6) is 11.5 Å². The van der Waals surface area contributed by atoms with E-state index in [-0.39, 0.29) is 21.7 Å². The van der Waals surface area contributed by atoms with Crippen LogP contribution < -0.4 is 7.58 Å². The molecule has 0 amide bonds. The van der Waals surface area contributed by atoms with Gasteiger partial charge in [-0.1, -0.05) is 118 Å². The van der Waals surface area contributed by atoms with Gasteiger partial charge in [-0.15, -0.1) is 0 Å². The average molecular weight is 539 g/mol. The number of hydrogen-bond acceptors (Lipinski definition) is 3. The maximum Gasteiger partial charge on any atom is 1.10 e. The first-order valence-corrected chi connectivity index (χ1v) is 15.5. The predicted molar refractivity (Wildman–Crippen MR) is 165 cm³/mol. The molecule has 0 aromatic heterocycles. The van der Waals surface area contributed by atoms with E-state index in [4.69, 9.17) is 11.4 Å². The minimum Gasteiger partial charge on any atom is -0.588 e. The number of hydrogen-bond donors (Lipinski definition) is 0. The third kappa shape index (κ3) is 8.51. The van der Waals surface area contributed by atoms with E-state index < -0.39 is 20.8 Å². The summed E-state index contributed by atoms with van der Waals surface area (Å²) >= 11 is -2.74. The highest BCUT2D eigenvalue weighted by molar-refractivity contribution is 6.39. The van der Waals surface area contributed by atoms with Crippen molar-refractivity contribution in [2.45, 2.75) is 145 Å². The van der Waals surface area contributed by atoms with Crippen LogP contribution in [0.2, 0.25) is 0 Å². The van der Waals surface area contributed by atoms with Gasteiger partial charge in [0.2, 0.25) is 0 Å². The lowest BCUT2D eigenvalue weighted by molar-refractivity contribution is 0.0725. The lowest BCUT2D eigenvalue weighted by atomic mass is 9.78.